The lowest BCUT2D eigenvalue weighted by atomic mass is 10.0. The van der Waals surface area contributed by atoms with Crippen molar-refractivity contribution in [3.63, 3.8) is 0 Å². The first-order valence-corrected chi connectivity index (χ1v) is 5.65. The molecule has 0 fully saturated rings. The highest BCUT2D eigenvalue weighted by Crippen LogP contribution is 2.22. The predicted octanol–water partition coefficient (Wildman–Crippen LogP) is 2.30. The molecule has 3 nitrogen and oxygen atoms in total. The van der Waals surface area contributed by atoms with Crippen LogP contribution in [0.25, 0.3) is 0 Å². The molecule has 1 aliphatic rings. The van der Waals surface area contributed by atoms with E-state index < -0.39 is 0 Å². The number of nitrogens with one attached hydrogen (secondary N) is 1. The number of hydrogen-bond donors (Lipinski definition) is 3. The maximum absolute atomic E-state index is 9.61. The summed E-state index contributed by atoms with van der Waals surface area (Å²) in [6.45, 7) is 0.643. The Hall–Kier alpha value is -1.48. The van der Waals surface area contributed by atoms with Crippen LogP contribution in [0, 0.1) is 0 Å². The van der Waals surface area contributed by atoms with Gasteiger partial charge in [0.25, 0.3) is 0 Å². The van der Waals surface area contributed by atoms with E-state index in [9.17, 15) is 5.11 Å². The molecule has 2 rings (SSSR count). The van der Waals surface area contributed by atoms with Crippen molar-refractivity contribution in [1.29, 1.82) is 0 Å². The number of hydrogen-bond acceptors (Lipinski definition) is 3. The van der Waals surface area contributed by atoms with Gasteiger partial charge in [0.15, 0.2) is 0 Å². The Bertz CT molecular complexity index is 388. The zero-order valence-corrected chi connectivity index (χ0v) is 9.19. The predicted molar refractivity (Wildman–Crippen MR) is 63.4 cm³/mol. The number of phenolic OH excluding ortho intramolecular Hbond substituents is 2. The van der Waals surface area contributed by atoms with Crippen molar-refractivity contribution in [2.24, 2.45) is 0 Å². The van der Waals surface area contributed by atoms with E-state index in [1.807, 2.05) is 0 Å². The molecule has 0 heterocycles. The van der Waals surface area contributed by atoms with E-state index in [1.165, 1.54) is 6.07 Å². The van der Waals surface area contributed by atoms with Crippen molar-refractivity contribution in [3.8, 4) is 11.5 Å². The Morgan fingerprint density at radius 3 is 2.81 bits per heavy atom. The van der Waals surface area contributed by atoms with Gasteiger partial charge in [-0.1, -0.05) is 18.2 Å². The summed E-state index contributed by atoms with van der Waals surface area (Å²) < 4.78 is 0. The second-order valence-electron chi connectivity index (χ2n) is 4.18. The standard InChI is InChI=1S/C13H17NO2/c15-12-7-6-10(13(16)8-12)9-14-11-4-2-1-3-5-11/h1-2,6-8,11,14-16H,3-5,9H2. The van der Waals surface area contributed by atoms with Crippen LogP contribution < -0.4 is 5.32 Å². The molecule has 0 spiro atoms. The molecule has 1 aromatic carbocycles. The summed E-state index contributed by atoms with van der Waals surface area (Å²) in [6.07, 6.45) is 7.72. The fraction of sp³-hybridized carbons (Fsp3) is 0.385. The summed E-state index contributed by atoms with van der Waals surface area (Å²) in [4.78, 5) is 0. The fourth-order valence-corrected chi connectivity index (χ4v) is 1.94. The van der Waals surface area contributed by atoms with Gasteiger partial charge in [0, 0.05) is 24.2 Å². The molecule has 1 atom stereocenters. The molecule has 0 radical (unpaired) electrons. The van der Waals surface area contributed by atoms with Gasteiger partial charge >= 0.3 is 0 Å². The smallest absolute Gasteiger partial charge is 0.123 e. The van der Waals surface area contributed by atoms with Gasteiger partial charge in [-0.05, 0) is 25.3 Å². The summed E-state index contributed by atoms with van der Waals surface area (Å²) in [5, 5.41) is 22.2. The maximum Gasteiger partial charge on any atom is 0.123 e. The molecule has 0 saturated carbocycles. The summed E-state index contributed by atoms with van der Waals surface area (Å²) in [6, 6.07) is 5.21. The third-order valence-electron chi connectivity index (χ3n) is 2.92. The Balaban J connectivity index is 1.91. The summed E-state index contributed by atoms with van der Waals surface area (Å²) >= 11 is 0. The van der Waals surface area contributed by atoms with Crippen LogP contribution >= 0.6 is 0 Å². The van der Waals surface area contributed by atoms with E-state index in [0.717, 1.165) is 24.8 Å². The highest BCUT2D eigenvalue weighted by molar-refractivity contribution is 5.38. The molecule has 1 aromatic rings. The van der Waals surface area contributed by atoms with E-state index in [-0.39, 0.29) is 11.5 Å². The van der Waals surface area contributed by atoms with Crippen LogP contribution in [0.2, 0.25) is 0 Å². The van der Waals surface area contributed by atoms with Crippen LogP contribution in [-0.4, -0.2) is 16.3 Å². The Kier molecular flexibility index (Phi) is 3.47. The van der Waals surface area contributed by atoms with E-state index >= 15 is 0 Å². The van der Waals surface area contributed by atoms with Crippen molar-refractivity contribution in [2.45, 2.75) is 31.8 Å². The molecule has 1 aliphatic carbocycles. The second kappa shape index (κ2) is 5.03. The minimum Gasteiger partial charge on any atom is -0.508 e. The Morgan fingerprint density at radius 1 is 1.25 bits per heavy atom. The average molecular weight is 219 g/mol. The number of rotatable bonds is 3. The van der Waals surface area contributed by atoms with Crippen LogP contribution in [0.5, 0.6) is 11.5 Å². The zero-order chi connectivity index (χ0) is 11.4. The molecule has 1 unspecified atom stereocenters. The molecule has 3 heteroatoms. The van der Waals surface area contributed by atoms with E-state index in [4.69, 9.17) is 5.11 Å². The van der Waals surface area contributed by atoms with Gasteiger partial charge in [0.2, 0.25) is 0 Å². The molecule has 3 N–H and O–H groups in total. The topological polar surface area (TPSA) is 52.5 Å². The average Bonchev–Trinajstić information content (AvgIpc) is 2.29. The monoisotopic (exact) mass is 219 g/mol. The molecule has 0 saturated heterocycles. The van der Waals surface area contributed by atoms with Gasteiger partial charge in [-0.15, -0.1) is 0 Å². The fourth-order valence-electron chi connectivity index (χ4n) is 1.94. The molecule has 0 amide bonds. The minimum absolute atomic E-state index is 0.0989. The first kappa shape index (κ1) is 11.0. The van der Waals surface area contributed by atoms with Gasteiger partial charge in [0.1, 0.15) is 11.5 Å². The van der Waals surface area contributed by atoms with Gasteiger partial charge in [-0.2, -0.15) is 0 Å². The summed E-state index contributed by atoms with van der Waals surface area (Å²) in [5.41, 5.74) is 0.826. The summed E-state index contributed by atoms with van der Waals surface area (Å²) in [7, 11) is 0. The van der Waals surface area contributed by atoms with Gasteiger partial charge < -0.3 is 15.5 Å². The molecule has 16 heavy (non-hydrogen) atoms. The van der Waals surface area contributed by atoms with Crippen LogP contribution in [0.1, 0.15) is 24.8 Å². The number of aromatic hydroxyl groups is 2. The van der Waals surface area contributed by atoms with E-state index in [2.05, 4.69) is 17.5 Å². The van der Waals surface area contributed by atoms with Gasteiger partial charge in [0.05, 0.1) is 0 Å². The molecule has 0 aliphatic heterocycles. The second-order valence-corrected chi connectivity index (χ2v) is 4.18. The molecule has 0 aromatic heterocycles. The normalized spacial score (nSPS) is 19.9. The lowest BCUT2D eigenvalue weighted by molar-refractivity contribution is 0.433. The molecular weight excluding hydrogens is 202 g/mol. The van der Waals surface area contributed by atoms with Crippen LogP contribution in [-0.2, 0) is 6.54 Å². The largest absolute Gasteiger partial charge is 0.508 e. The molecule has 0 bridgehead atoms. The lowest BCUT2D eigenvalue weighted by Crippen LogP contribution is -2.29. The van der Waals surface area contributed by atoms with Gasteiger partial charge in [-0.3, -0.25) is 0 Å². The molecule has 86 valence electrons. The zero-order valence-electron chi connectivity index (χ0n) is 9.19. The SMILES string of the molecule is Oc1ccc(CNC2CC=CCC2)c(O)c1. The van der Waals surface area contributed by atoms with Crippen molar-refractivity contribution < 1.29 is 10.2 Å². The molecular formula is C13H17NO2. The quantitative estimate of drug-likeness (QED) is 0.684. The van der Waals surface area contributed by atoms with Crippen LogP contribution in [0.3, 0.4) is 0 Å². The van der Waals surface area contributed by atoms with E-state index in [1.54, 1.807) is 12.1 Å². The van der Waals surface area contributed by atoms with Crippen LogP contribution in [0.4, 0.5) is 0 Å². The highest BCUT2D eigenvalue weighted by atomic mass is 16.3. The highest BCUT2D eigenvalue weighted by Gasteiger charge is 2.10. The lowest BCUT2D eigenvalue weighted by Gasteiger charge is -2.19. The first-order chi connectivity index (χ1) is 7.75. The van der Waals surface area contributed by atoms with Crippen molar-refractivity contribution >= 4 is 0 Å². The van der Waals surface area contributed by atoms with Crippen molar-refractivity contribution in [2.75, 3.05) is 0 Å². The van der Waals surface area contributed by atoms with Crippen LogP contribution in [0.15, 0.2) is 30.4 Å². The number of allylic oxidation sites excluding steroid dienone is 1. The maximum atomic E-state index is 9.61. The Morgan fingerprint density at radius 2 is 2.12 bits per heavy atom. The third-order valence-corrected chi connectivity index (χ3v) is 2.92. The number of phenols is 2. The van der Waals surface area contributed by atoms with Crippen molar-refractivity contribution in [1.82, 2.24) is 5.32 Å². The third kappa shape index (κ3) is 2.76. The Labute approximate surface area is 95.4 Å². The van der Waals surface area contributed by atoms with Crippen molar-refractivity contribution in [3.05, 3.63) is 35.9 Å². The summed E-state index contributed by atoms with van der Waals surface area (Å²) in [5.74, 6) is 0.251. The van der Waals surface area contributed by atoms with Gasteiger partial charge in [-0.25, -0.2) is 0 Å². The first-order valence-electron chi connectivity index (χ1n) is 5.65. The van der Waals surface area contributed by atoms with E-state index in [0.29, 0.717) is 12.6 Å². The minimum atomic E-state index is 0.0989. The number of benzene rings is 1.